The van der Waals surface area contributed by atoms with Crippen LogP contribution in [0.1, 0.15) is 399 Å². The number of unbranched alkanes of at least 4 members (excludes halogenated alkanes) is 55. The van der Waals surface area contributed by atoms with E-state index in [0.29, 0.717) is 19.4 Å². The van der Waals surface area contributed by atoms with E-state index in [1.54, 1.807) is 6.08 Å². The summed E-state index contributed by atoms with van der Waals surface area (Å²) in [6.07, 6.45) is 81.6. The van der Waals surface area contributed by atoms with Gasteiger partial charge in [0.15, 0.2) is 0 Å². The molecule has 3 N–H and O–H groups in total. The number of hydrogen-bond donors (Lipinski definition) is 3. The number of esters is 1. The number of nitrogens with one attached hydrogen (secondary N) is 1. The quantitative estimate of drug-likeness (QED) is 0.0320. The average molecular weight is 1070 g/mol. The highest BCUT2D eigenvalue weighted by molar-refractivity contribution is 5.76. The fourth-order valence-corrected chi connectivity index (χ4v) is 11.2. The number of carbonyl (C=O) groups is 2. The molecule has 76 heavy (non-hydrogen) atoms. The van der Waals surface area contributed by atoms with Gasteiger partial charge in [0.2, 0.25) is 5.91 Å². The zero-order valence-corrected chi connectivity index (χ0v) is 51.8. The van der Waals surface area contributed by atoms with Crippen LogP contribution in [0, 0.1) is 0 Å². The Morgan fingerprint density at radius 2 is 0.605 bits per heavy atom. The van der Waals surface area contributed by atoms with E-state index in [1.165, 1.54) is 334 Å². The van der Waals surface area contributed by atoms with Gasteiger partial charge in [0.1, 0.15) is 0 Å². The monoisotopic (exact) mass is 1070 g/mol. The first-order valence-corrected chi connectivity index (χ1v) is 35.0. The number of aliphatic hydroxyl groups excluding tert-OH is 2. The maximum atomic E-state index is 12.5. The van der Waals surface area contributed by atoms with E-state index in [1.807, 2.05) is 6.08 Å². The summed E-state index contributed by atoms with van der Waals surface area (Å²) in [5.74, 6) is -0.0377. The number of rotatable bonds is 66. The summed E-state index contributed by atoms with van der Waals surface area (Å²) < 4.78 is 5.51. The smallest absolute Gasteiger partial charge is 0.305 e. The Balaban J connectivity index is 3.30. The van der Waals surface area contributed by atoms with E-state index in [-0.39, 0.29) is 18.5 Å². The second kappa shape index (κ2) is 66.1. The van der Waals surface area contributed by atoms with Gasteiger partial charge in [0, 0.05) is 12.8 Å². The lowest BCUT2D eigenvalue weighted by molar-refractivity contribution is -0.143. The van der Waals surface area contributed by atoms with Crippen molar-refractivity contribution in [3.8, 4) is 0 Å². The molecule has 0 heterocycles. The highest BCUT2D eigenvalue weighted by Gasteiger charge is 2.18. The van der Waals surface area contributed by atoms with Gasteiger partial charge in [0.25, 0.3) is 0 Å². The van der Waals surface area contributed by atoms with E-state index >= 15 is 0 Å². The molecule has 0 saturated carbocycles. The van der Waals surface area contributed by atoms with Crippen LogP contribution in [0.25, 0.3) is 0 Å². The highest BCUT2D eigenvalue weighted by Crippen LogP contribution is 2.19. The number of hydrogen-bond acceptors (Lipinski definition) is 5. The van der Waals surface area contributed by atoms with Crippen molar-refractivity contribution < 1.29 is 24.5 Å². The molecule has 6 heteroatoms. The third-order valence-corrected chi connectivity index (χ3v) is 16.6. The van der Waals surface area contributed by atoms with E-state index in [2.05, 4.69) is 19.2 Å². The number of aliphatic hydroxyl groups is 2. The van der Waals surface area contributed by atoms with Crippen molar-refractivity contribution in [1.82, 2.24) is 5.32 Å². The van der Waals surface area contributed by atoms with E-state index < -0.39 is 12.1 Å². The fraction of sp³-hybridized carbons (Fsp3) is 0.943. The predicted octanol–water partition coefficient (Wildman–Crippen LogP) is 22.4. The van der Waals surface area contributed by atoms with Crippen LogP contribution < -0.4 is 5.32 Å². The zero-order chi connectivity index (χ0) is 55.0. The predicted molar refractivity (Wildman–Crippen MR) is 333 cm³/mol. The molecule has 0 saturated heterocycles. The minimum absolute atomic E-state index is 0.0246. The van der Waals surface area contributed by atoms with Crippen LogP contribution in [0.4, 0.5) is 0 Å². The van der Waals surface area contributed by atoms with Crippen LogP contribution in [-0.4, -0.2) is 47.4 Å². The molecule has 452 valence electrons. The van der Waals surface area contributed by atoms with E-state index in [4.69, 9.17) is 4.74 Å². The summed E-state index contributed by atoms with van der Waals surface area (Å²) in [6.45, 7) is 4.94. The minimum Gasteiger partial charge on any atom is -0.466 e. The first kappa shape index (κ1) is 74.6. The zero-order valence-electron chi connectivity index (χ0n) is 51.8. The lowest BCUT2D eigenvalue weighted by Crippen LogP contribution is -2.45. The Hall–Kier alpha value is -1.40. The second-order valence-electron chi connectivity index (χ2n) is 24.2. The summed E-state index contributed by atoms with van der Waals surface area (Å²) in [5.41, 5.74) is 0. The fourth-order valence-electron chi connectivity index (χ4n) is 11.2. The van der Waals surface area contributed by atoms with Gasteiger partial charge in [-0.3, -0.25) is 9.59 Å². The van der Waals surface area contributed by atoms with Gasteiger partial charge < -0.3 is 20.3 Å². The molecule has 0 aromatic rings. The van der Waals surface area contributed by atoms with Gasteiger partial charge >= 0.3 is 5.97 Å². The lowest BCUT2D eigenvalue weighted by Gasteiger charge is -2.20. The van der Waals surface area contributed by atoms with Crippen LogP contribution in [0.5, 0.6) is 0 Å². The molecule has 0 bridgehead atoms. The van der Waals surface area contributed by atoms with Crippen LogP contribution in [0.3, 0.4) is 0 Å². The summed E-state index contributed by atoms with van der Waals surface area (Å²) in [5, 5.41) is 23.1. The van der Waals surface area contributed by atoms with Crippen molar-refractivity contribution in [1.29, 1.82) is 0 Å². The molecule has 0 aromatic heterocycles. The molecular formula is C70H137NO5. The Labute approximate surface area is 476 Å². The molecule has 0 radical (unpaired) electrons. The first-order valence-electron chi connectivity index (χ1n) is 35.0. The summed E-state index contributed by atoms with van der Waals surface area (Å²) >= 11 is 0. The van der Waals surface area contributed by atoms with Gasteiger partial charge in [-0.1, -0.05) is 366 Å². The van der Waals surface area contributed by atoms with E-state index in [9.17, 15) is 19.8 Å². The van der Waals surface area contributed by atoms with Crippen molar-refractivity contribution in [2.45, 2.75) is 411 Å². The maximum Gasteiger partial charge on any atom is 0.305 e. The number of ether oxygens (including phenoxy) is 1. The third-order valence-electron chi connectivity index (χ3n) is 16.6. The maximum absolute atomic E-state index is 12.5. The normalized spacial score (nSPS) is 12.5. The average Bonchev–Trinajstić information content (AvgIpc) is 3.42. The van der Waals surface area contributed by atoms with Crippen LogP contribution in [-0.2, 0) is 14.3 Å². The molecule has 2 atom stereocenters. The molecule has 2 unspecified atom stereocenters. The summed E-state index contributed by atoms with van der Waals surface area (Å²) in [6, 6.07) is -0.623. The van der Waals surface area contributed by atoms with Crippen LogP contribution in [0.15, 0.2) is 12.2 Å². The van der Waals surface area contributed by atoms with Gasteiger partial charge in [-0.15, -0.1) is 0 Å². The SMILES string of the molecule is CCCCCCCCCCCC/C=C/C(O)C(CO)NC(=O)CCCCCCCCCCCCCCCCCCCCCCCCCCCCCCCCCOC(=O)CCCCCCCCCCCCCCCCCC. The lowest BCUT2D eigenvalue weighted by atomic mass is 10.0. The van der Waals surface area contributed by atoms with Crippen LogP contribution >= 0.6 is 0 Å². The molecule has 0 aliphatic rings. The van der Waals surface area contributed by atoms with Crippen molar-refractivity contribution in [2.75, 3.05) is 13.2 Å². The molecule has 0 aromatic carbocycles. The summed E-state index contributed by atoms with van der Waals surface area (Å²) in [7, 11) is 0. The van der Waals surface area contributed by atoms with Gasteiger partial charge in [-0.2, -0.15) is 0 Å². The largest absolute Gasteiger partial charge is 0.466 e. The number of allylic oxidation sites excluding steroid dienone is 1. The van der Waals surface area contributed by atoms with Crippen molar-refractivity contribution in [2.24, 2.45) is 0 Å². The number of amides is 1. The second-order valence-corrected chi connectivity index (χ2v) is 24.2. The third kappa shape index (κ3) is 61.8. The first-order chi connectivity index (χ1) is 37.5. The topological polar surface area (TPSA) is 95.9 Å². The standard InChI is InChI=1S/C70H137NO5/c1-3-5-7-9-11-13-15-17-18-37-40-44-48-52-56-60-64-70(75)76-65-61-57-53-49-45-41-38-35-33-31-29-27-25-23-21-19-20-22-24-26-28-30-32-34-36-39-43-47-51-55-59-63-69(74)71-67(66-72)68(73)62-58-54-50-46-42-16-14-12-10-8-6-4-2/h58,62,67-68,72-73H,3-57,59-61,63-66H2,1-2H3,(H,71,74)/b62-58+. The molecule has 0 aliphatic carbocycles. The Bertz CT molecular complexity index is 1140. The van der Waals surface area contributed by atoms with E-state index in [0.717, 1.165) is 38.5 Å². The molecule has 0 rings (SSSR count). The van der Waals surface area contributed by atoms with Gasteiger partial charge in [-0.25, -0.2) is 0 Å². The molecular weight excluding hydrogens is 935 g/mol. The van der Waals surface area contributed by atoms with Gasteiger partial charge in [-0.05, 0) is 32.1 Å². The molecule has 1 amide bonds. The van der Waals surface area contributed by atoms with Crippen molar-refractivity contribution in [3.05, 3.63) is 12.2 Å². The Morgan fingerprint density at radius 1 is 0.355 bits per heavy atom. The van der Waals surface area contributed by atoms with Crippen molar-refractivity contribution >= 4 is 11.9 Å². The molecule has 0 fully saturated rings. The van der Waals surface area contributed by atoms with Crippen molar-refractivity contribution in [3.63, 3.8) is 0 Å². The Kier molecular flexibility index (Phi) is 64.9. The van der Waals surface area contributed by atoms with Crippen LogP contribution in [0.2, 0.25) is 0 Å². The Morgan fingerprint density at radius 3 is 0.895 bits per heavy atom. The minimum atomic E-state index is -0.839. The highest BCUT2D eigenvalue weighted by atomic mass is 16.5. The molecule has 6 nitrogen and oxygen atoms in total. The molecule has 0 spiro atoms. The van der Waals surface area contributed by atoms with Gasteiger partial charge in [0.05, 0.1) is 25.4 Å². The summed E-state index contributed by atoms with van der Waals surface area (Å²) in [4.78, 5) is 24.5. The molecule has 0 aliphatic heterocycles. The number of carbonyl (C=O) groups excluding carboxylic acids is 2.